The van der Waals surface area contributed by atoms with Crippen LogP contribution in [0.15, 0.2) is 15.6 Å². The molecular weight excluding hydrogens is 230 g/mol. The molecule has 1 heterocycles. The first-order chi connectivity index (χ1) is 7.12. The van der Waals surface area contributed by atoms with Gasteiger partial charge in [0.2, 0.25) is 5.09 Å². The molecule has 0 aliphatic heterocycles. The second-order valence-corrected chi connectivity index (χ2v) is 5.13. The van der Waals surface area contributed by atoms with Crippen molar-refractivity contribution >= 4 is 10.0 Å². The van der Waals surface area contributed by atoms with Gasteiger partial charge in [-0.05, 0) is 20.8 Å². The van der Waals surface area contributed by atoms with Crippen molar-refractivity contribution in [3.05, 3.63) is 17.4 Å². The molecule has 16 heavy (non-hydrogen) atoms. The molecule has 0 unspecified atom stereocenters. The van der Waals surface area contributed by atoms with Crippen LogP contribution in [-0.4, -0.2) is 13.5 Å². The van der Waals surface area contributed by atoms with Gasteiger partial charge in [-0.2, -0.15) is 0 Å². The van der Waals surface area contributed by atoms with Gasteiger partial charge in [0.05, 0.1) is 5.60 Å². The van der Waals surface area contributed by atoms with Gasteiger partial charge < -0.3 is 9.52 Å². The molecule has 0 aliphatic rings. The van der Waals surface area contributed by atoms with Crippen molar-refractivity contribution in [3.63, 3.8) is 0 Å². The average Bonchev–Trinajstić information content (AvgIpc) is 2.49. The highest BCUT2D eigenvalue weighted by Gasteiger charge is 2.25. The quantitative estimate of drug-likeness (QED) is 0.830. The Morgan fingerprint density at radius 3 is 2.00 bits per heavy atom. The minimum Gasteiger partial charge on any atom is -0.448 e. The first kappa shape index (κ1) is 15.2. The summed E-state index contributed by atoms with van der Waals surface area (Å²) in [5, 5.41) is 14.2. The third-order valence-electron chi connectivity index (χ3n) is 1.83. The van der Waals surface area contributed by atoms with Crippen LogP contribution in [0.25, 0.3) is 0 Å². The molecular formula is C10H19NO4S. The third kappa shape index (κ3) is 3.62. The topological polar surface area (TPSA) is 93.5 Å². The standard InChI is InChI=1S/C8H13NO4S.C2H6/c1-5-6(8(2,3)10)4-7(13-5)14(9,11)12;1-2/h4,10H,1-3H3,(H2,9,11,12);1-2H3. The van der Waals surface area contributed by atoms with Gasteiger partial charge in [0, 0.05) is 11.6 Å². The fraction of sp³-hybridized carbons (Fsp3) is 0.600. The number of rotatable bonds is 2. The van der Waals surface area contributed by atoms with Gasteiger partial charge in [0.15, 0.2) is 0 Å². The monoisotopic (exact) mass is 249 g/mol. The lowest BCUT2D eigenvalue weighted by Crippen LogP contribution is -2.16. The Bertz CT molecular complexity index is 440. The van der Waals surface area contributed by atoms with Gasteiger partial charge in [0.1, 0.15) is 5.76 Å². The highest BCUT2D eigenvalue weighted by atomic mass is 32.2. The molecule has 0 saturated heterocycles. The number of nitrogens with two attached hydrogens (primary N) is 1. The number of furan rings is 1. The first-order valence-electron chi connectivity index (χ1n) is 4.98. The lowest BCUT2D eigenvalue weighted by molar-refractivity contribution is 0.0769. The lowest BCUT2D eigenvalue weighted by atomic mass is 10.00. The Labute approximate surface area is 96.3 Å². The van der Waals surface area contributed by atoms with Gasteiger partial charge in [-0.25, -0.2) is 13.6 Å². The van der Waals surface area contributed by atoms with E-state index in [2.05, 4.69) is 0 Å². The summed E-state index contributed by atoms with van der Waals surface area (Å²) < 4.78 is 26.8. The highest BCUT2D eigenvalue weighted by Crippen LogP contribution is 2.27. The van der Waals surface area contributed by atoms with Crippen molar-refractivity contribution in [2.75, 3.05) is 0 Å². The van der Waals surface area contributed by atoms with Crippen LogP contribution < -0.4 is 5.14 Å². The van der Waals surface area contributed by atoms with Crippen molar-refractivity contribution in [2.24, 2.45) is 5.14 Å². The lowest BCUT2D eigenvalue weighted by Gasteiger charge is -2.15. The molecule has 0 aliphatic carbocycles. The molecule has 0 spiro atoms. The average molecular weight is 249 g/mol. The summed E-state index contributed by atoms with van der Waals surface area (Å²) in [4.78, 5) is 0. The SMILES string of the molecule is CC.Cc1oc(S(N)(=O)=O)cc1C(C)(C)O. The predicted octanol–water partition coefficient (Wildman–Crippen LogP) is 1.49. The van der Waals surface area contributed by atoms with Crippen LogP contribution in [0.2, 0.25) is 0 Å². The summed E-state index contributed by atoms with van der Waals surface area (Å²) in [5.74, 6) is 0.349. The fourth-order valence-corrected chi connectivity index (χ4v) is 1.73. The van der Waals surface area contributed by atoms with Crippen LogP contribution in [0.3, 0.4) is 0 Å². The van der Waals surface area contributed by atoms with Crippen molar-refractivity contribution in [2.45, 2.75) is 45.3 Å². The maximum Gasteiger partial charge on any atom is 0.271 e. The minimum atomic E-state index is -3.84. The molecule has 0 amide bonds. The maximum atomic E-state index is 10.9. The Hall–Kier alpha value is -0.850. The summed E-state index contributed by atoms with van der Waals surface area (Å²) in [6.45, 7) is 8.65. The van der Waals surface area contributed by atoms with Gasteiger partial charge in [-0.15, -0.1) is 0 Å². The zero-order valence-corrected chi connectivity index (χ0v) is 11.1. The molecule has 0 atom stereocenters. The Kier molecular flexibility index (Phi) is 4.72. The van der Waals surface area contributed by atoms with Crippen LogP contribution in [-0.2, 0) is 15.6 Å². The smallest absolute Gasteiger partial charge is 0.271 e. The molecule has 0 aromatic carbocycles. The number of hydrogen-bond acceptors (Lipinski definition) is 4. The van der Waals surface area contributed by atoms with Gasteiger partial charge in [-0.1, -0.05) is 13.8 Å². The van der Waals surface area contributed by atoms with Crippen molar-refractivity contribution in [3.8, 4) is 0 Å². The number of primary sulfonamides is 1. The summed E-state index contributed by atoms with van der Waals surface area (Å²) in [6, 6.07) is 1.24. The first-order valence-corrected chi connectivity index (χ1v) is 6.53. The van der Waals surface area contributed by atoms with Crippen molar-refractivity contribution < 1.29 is 17.9 Å². The molecule has 0 saturated carbocycles. The van der Waals surface area contributed by atoms with E-state index in [9.17, 15) is 13.5 Å². The number of aryl methyl sites for hydroxylation is 1. The van der Waals surface area contributed by atoms with Crippen LogP contribution >= 0.6 is 0 Å². The number of sulfonamides is 1. The summed E-state index contributed by atoms with van der Waals surface area (Å²) in [7, 11) is -3.84. The predicted molar refractivity (Wildman–Crippen MR) is 61.4 cm³/mol. The van der Waals surface area contributed by atoms with E-state index in [-0.39, 0.29) is 5.09 Å². The van der Waals surface area contributed by atoms with Gasteiger partial charge >= 0.3 is 0 Å². The van der Waals surface area contributed by atoms with Gasteiger partial charge in [-0.3, -0.25) is 0 Å². The highest BCUT2D eigenvalue weighted by molar-refractivity contribution is 7.89. The molecule has 0 bridgehead atoms. The number of aliphatic hydroxyl groups is 1. The molecule has 3 N–H and O–H groups in total. The zero-order valence-electron chi connectivity index (χ0n) is 10.2. The van der Waals surface area contributed by atoms with Crippen molar-refractivity contribution in [1.29, 1.82) is 0 Å². The Morgan fingerprint density at radius 2 is 1.81 bits per heavy atom. The molecule has 5 nitrogen and oxygen atoms in total. The summed E-state index contributed by atoms with van der Waals surface area (Å²) in [5.41, 5.74) is -0.724. The van der Waals surface area contributed by atoms with Crippen LogP contribution in [0.4, 0.5) is 0 Å². The van der Waals surface area contributed by atoms with E-state index in [1.54, 1.807) is 6.92 Å². The second-order valence-electron chi connectivity index (χ2n) is 3.64. The van der Waals surface area contributed by atoms with E-state index in [0.29, 0.717) is 11.3 Å². The summed E-state index contributed by atoms with van der Waals surface area (Å²) >= 11 is 0. The third-order valence-corrected chi connectivity index (χ3v) is 2.60. The second kappa shape index (κ2) is 4.99. The van der Waals surface area contributed by atoms with Crippen LogP contribution in [0.1, 0.15) is 39.0 Å². The summed E-state index contributed by atoms with van der Waals surface area (Å²) in [6.07, 6.45) is 0. The largest absolute Gasteiger partial charge is 0.448 e. The molecule has 6 heteroatoms. The van der Waals surface area contributed by atoms with E-state index in [4.69, 9.17) is 9.56 Å². The normalized spacial score (nSPS) is 11.9. The van der Waals surface area contributed by atoms with Gasteiger partial charge in [0.25, 0.3) is 10.0 Å². The molecule has 94 valence electrons. The van der Waals surface area contributed by atoms with E-state index >= 15 is 0 Å². The fourth-order valence-electron chi connectivity index (χ4n) is 1.20. The molecule has 0 radical (unpaired) electrons. The van der Waals surface area contributed by atoms with E-state index in [0.717, 1.165) is 0 Å². The van der Waals surface area contributed by atoms with Crippen LogP contribution in [0.5, 0.6) is 0 Å². The maximum absolute atomic E-state index is 10.9. The van der Waals surface area contributed by atoms with E-state index < -0.39 is 15.6 Å². The molecule has 0 fully saturated rings. The van der Waals surface area contributed by atoms with Crippen molar-refractivity contribution in [1.82, 2.24) is 0 Å². The van der Waals surface area contributed by atoms with Crippen LogP contribution in [0, 0.1) is 6.92 Å². The zero-order chi connectivity index (χ0) is 13.1. The Balaban J connectivity index is 0.00000106. The number of hydrogen-bond donors (Lipinski definition) is 2. The molecule has 1 aromatic heterocycles. The molecule has 1 rings (SSSR count). The molecule has 1 aromatic rings. The van der Waals surface area contributed by atoms with E-state index in [1.165, 1.54) is 19.9 Å². The van der Waals surface area contributed by atoms with E-state index in [1.807, 2.05) is 13.8 Å². The Morgan fingerprint density at radius 1 is 1.38 bits per heavy atom. The minimum absolute atomic E-state index is 0.327.